The molecule has 0 bridgehead atoms. The fraction of sp³-hybridized carbons (Fsp3) is 0.955. The van der Waals surface area contributed by atoms with Crippen LogP contribution in [0.5, 0.6) is 0 Å². The number of unbranched alkanes of at least 4 members (excludes halogenated alkanes) is 8. The van der Waals surface area contributed by atoms with Gasteiger partial charge in [-0.15, -0.1) is 0 Å². The van der Waals surface area contributed by atoms with Crippen LogP contribution in [-0.2, 0) is 27.5 Å². The Morgan fingerprint density at radius 2 is 1.66 bits per heavy atom. The van der Waals surface area contributed by atoms with Crippen molar-refractivity contribution in [3.05, 3.63) is 0 Å². The van der Waals surface area contributed by atoms with Gasteiger partial charge in [0, 0.05) is 13.0 Å². The number of carbonyl (C=O) groups excluding carboxylic acids is 1. The van der Waals surface area contributed by atoms with Crippen molar-refractivity contribution in [2.24, 2.45) is 5.73 Å². The summed E-state index contributed by atoms with van der Waals surface area (Å²) in [6.07, 6.45) is 10.9. The summed E-state index contributed by atoms with van der Waals surface area (Å²) in [5.74, 6) is -1.39. The number of nitrogens with two attached hydrogens (primary N) is 1. The molecule has 0 aromatic rings. The van der Waals surface area contributed by atoms with E-state index in [9.17, 15) is 19.4 Å². The second-order valence-electron chi connectivity index (χ2n) is 8.54. The first-order chi connectivity index (χ1) is 15.3. The highest BCUT2D eigenvalue weighted by Crippen LogP contribution is 2.46. The standard InChI is InChI=1S/C22H44NO8P/c1-3-5-7-9-10-12-14-22(25)19-31(22)20(18-30-32(26,27)29-16-15-23)17-28-21(24)13-11-8-6-4-2/h20,25H,3-19,23H2,1-2H3/p+1/t20-,22+/m1/s1. The van der Waals surface area contributed by atoms with Crippen LogP contribution in [-0.4, -0.2) is 60.8 Å². The van der Waals surface area contributed by atoms with Crippen LogP contribution in [0.4, 0.5) is 0 Å². The van der Waals surface area contributed by atoms with Gasteiger partial charge in [-0.05, 0) is 12.8 Å². The van der Waals surface area contributed by atoms with E-state index in [1.54, 1.807) is 0 Å². The number of ether oxygens (including phenoxy) is 1. The predicted octanol–water partition coefficient (Wildman–Crippen LogP) is 3.97. The molecule has 1 unspecified atom stereocenters. The first-order valence-electron chi connectivity index (χ1n) is 12.2. The van der Waals surface area contributed by atoms with Crippen LogP contribution < -0.4 is 5.73 Å². The predicted molar refractivity (Wildman–Crippen MR) is 123 cm³/mol. The molecule has 0 aliphatic carbocycles. The molecule has 9 nitrogen and oxygen atoms in total. The summed E-state index contributed by atoms with van der Waals surface area (Å²) < 4.78 is 29.9. The van der Waals surface area contributed by atoms with Gasteiger partial charge in [0.15, 0.2) is 6.61 Å². The molecule has 0 amide bonds. The van der Waals surface area contributed by atoms with Crippen LogP contribution in [0.15, 0.2) is 0 Å². The van der Waals surface area contributed by atoms with Crippen LogP contribution in [0, 0.1) is 0 Å². The number of carbonyl (C=O) groups is 1. The third-order valence-corrected chi connectivity index (χ3v) is 6.55. The highest BCUT2D eigenvalue weighted by atomic mass is 31.2. The van der Waals surface area contributed by atoms with Crippen molar-refractivity contribution in [3.63, 3.8) is 0 Å². The Morgan fingerprint density at radius 3 is 2.31 bits per heavy atom. The fourth-order valence-electron chi connectivity index (χ4n) is 3.58. The zero-order valence-corrected chi connectivity index (χ0v) is 20.9. The highest BCUT2D eigenvalue weighted by molar-refractivity contribution is 7.47. The SMILES string of the molecule is CCCCCCCC[C@@]1(O)C[O+]1[C@H](COC(=O)CCCCCC)COP(=O)(O)OCCN. The molecule has 4 N–H and O–H groups in total. The maximum Gasteiger partial charge on any atom is 0.472 e. The van der Waals surface area contributed by atoms with Crippen molar-refractivity contribution in [2.45, 2.75) is 103 Å². The average Bonchev–Trinajstić information content (AvgIpc) is 3.43. The summed E-state index contributed by atoms with van der Waals surface area (Å²) in [5, 5.41) is 10.8. The Hall–Kier alpha value is -0.540. The van der Waals surface area contributed by atoms with E-state index >= 15 is 0 Å². The minimum atomic E-state index is -4.27. The maximum atomic E-state index is 12.1. The topological polar surface area (TPSA) is 131 Å². The second-order valence-corrected chi connectivity index (χ2v) is 9.99. The van der Waals surface area contributed by atoms with Gasteiger partial charge in [0.2, 0.25) is 6.10 Å². The summed E-state index contributed by atoms with van der Waals surface area (Å²) in [5.41, 5.74) is 5.29. The fourth-order valence-corrected chi connectivity index (χ4v) is 4.34. The van der Waals surface area contributed by atoms with Crippen LogP contribution in [0.1, 0.15) is 90.9 Å². The van der Waals surface area contributed by atoms with Crippen LogP contribution in [0.3, 0.4) is 0 Å². The van der Waals surface area contributed by atoms with E-state index in [-0.39, 0.29) is 32.3 Å². The van der Waals surface area contributed by atoms with E-state index in [0.29, 0.717) is 19.4 Å². The summed E-state index contributed by atoms with van der Waals surface area (Å²) in [7, 11) is -4.27. The van der Waals surface area contributed by atoms with Crippen LogP contribution in [0.2, 0.25) is 0 Å². The molecule has 0 radical (unpaired) electrons. The number of esters is 1. The molecule has 190 valence electrons. The van der Waals surface area contributed by atoms with Gasteiger partial charge in [-0.25, -0.2) is 4.57 Å². The van der Waals surface area contributed by atoms with E-state index in [1.165, 1.54) is 19.3 Å². The molecule has 1 rings (SSSR count). The van der Waals surface area contributed by atoms with Gasteiger partial charge in [0.1, 0.15) is 6.61 Å². The lowest BCUT2D eigenvalue weighted by Crippen LogP contribution is -2.31. The molecule has 0 aromatic heterocycles. The molecule has 0 saturated carbocycles. The number of phosphoric acid groups is 1. The quantitative estimate of drug-likeness (QED) is 0.0736. The number of hydrogen-bond acceptors (Lipinski definition) is 7. The van der Waals surface area contributed by atoms with E-state index in [1.807, 2.05) is 0 Å². The van der Waals surface area contributed by atoms with E-state index in [2.05, 4.69) is 18.2 Å². The lowest BCUT2D eigenvalue weighted by Gasteiger charge is -2.19. The number of hydrogen-bond donors (Lipinski definition) is 3. The second kappa shape index (κ2) is 16.1. The van der Waals surface area contributed by atoms with Gasteiger partial charge in [-0.2, -0.15) is 0 Å². The van der Waals surface area contributed by atoms with Crippen molar-refractivity contribution >= 4 is 13.8 Å². The molecule has 3 atom stereocenters. The Balaban J connectivity index is 2.52. The third kappa shape index (κ3) is 12.6. The molecule has 1 fully saturated rings. The molecule has 0 aromatic carbocycles. The van der Waals surface area contributed by atoms with E-state index in [4.69, 9.17) is 19.5 Å². The summed E-state index contributed by atoms with van der Waals surface area (Å²) in [6.45, 7) is 4.32. The Bertz CT molecular complexity index is 564. The minimum absolute atomic E-state index is 0.0486. The van der Waals surface area contributed by atoms with Gasteiger partial charge in [0.25, 0.3) is 6.61 Å². The molecular formula is C22H45NO8P+. The molecule has 0 spiro atoms. The molecule has 1 heterocycles. The number of phosphoric ester groups is 1. The van der Waals surface area contributed by atoms with Crippen molar-refractivity contribution in [2.75, 3.05) is 33.0 Å². The van der Waals surface area contributed by atoms with Crippen molar-refractivity contribution in [1.82, 2.24) is 0 Å². The summed E-state index contributed by atoms with van der Waals surface area (Å²) >= 11 is 0. The van der Waals surface area contributed by atoms with Gasteiger partial charge in [-0.1, -0.05) is 65.2 Å². The van der Waals surface area contributed by atoms with Crippen molar-refractivity contribution in [3.8, 4) is 0 Å². The molecule has 1 saturated heterocycles. The Morgan fingerprint density at radius 1 is 1.03 bits per heavy atom. The van der Waals surface area contributed by atoms with Crippen molar-refractivity contribution in [1.29, 1.82) is 0 Å². The Labute approximate surface area is 193 Å². The smallest absolute Gasteiger partial charge is 0.457 e. The monoisotopic (exact) mass is 482 g/mol. The Kier molecular flexibility index (Phi) is 14.9. The maximum absolute atomic E-state index is 12.1. The normalized spacial score (nSPS) is 21.3. The third-order valence-electron chi connectivity index (χ3n) is 5.56. The van der Waals surface area contributed by atoms with Gasteiger partial charge in [-0.3, -0.25) is 13.8 Å². The first-order valence-corrected chi connectivity index (χ1v) is 13.7. The molecule has 1 aliphatic heterocycles. The zero-order chi connectivity index (χ0) is 23.9. The lowest BCUT2D eigenvalue weighted by molar-refractivity contribution is -0.186. The molecule has 10 heteroatoms. The molecule has 1 aliphatic rings. The molecule has 32 heavy (non-hydrogen) atoms. The van der Waals surface area contributed by atoms with Crippen LogP contribution in [0.25, 0.3) is 0 Å². The number of epoxide rings is 1. The summed E-state index contributed by atoms with van der Waals surface area (Å²) in [6, 6.07) is 0. The van der Waals surface area contributed by atoms with Crippen LogP contribution >= 0.6 is 7.82 Å². The van der Waals surface area contributed by atoms with Crippen molar-refractivity contribution < 1.29 is 37.5 Å². The van der Waals surface area contributed by atoms with Gasteiger partial charge < -0.3 is 24.8 Å². The van der Waals surface area contributed by atoms with E-state index in [0.717, 1.165) is 44.9 Å². The lowest BCUT2D eigenvalue weighted by atomic mass is 10.1. The average molecular weight is 483 g/mol. The molecular weight excluding hydrogens is 437 g/mol. The minimum Gasteiger partial charge on any atom is -0.457 e. The number of aliphatic hydroxyl groups is 1. The first kappa shape index (κ1) is 29.5. The van der Waals surface area contributed by atoms with Gasteiger partial charge >= 0.3 is 19.6 Å². The van der Waals surface area contributed by atoms with E-state index < -0.39 is 19.7 Å². The van der Waals surface area contributed by atoms with Gasteiger partial charge in [0.05, 0.1) is 13.0 Å². The number of rotatable bonds is 21. The summed E-state index contributed by atoms with van der Waals surface area (Å²) in [4.78, 5) is 21.8. The largest absolute Gasteiger partial charge is 0.472 e. The zero-order valence-electron chi connectivity index (χ0n) is 20.0. The highest BCUT2D eigenvalue weighted by Gasteiger charge is 2.64.